The summed E-state index contributed by atoms with van der Waals surface area (Å²) < 4.78 is 10.8. The number of rotatable bonds is 5. The summed E-state index contributed by atoms with van der Waals surface area (Å²) in [5.41, 5.74) is 1.27. The van der Waals surface area contributed by atoms with Crippen molar-refractivity contribution in [1.82, 2.24) is 4.98 Å². The van der Waals surface area contributed by atoms with E-state index in [4.69, 9.17) is 9.15 Å². The smallest absolute Gasteiger partial charge is 0.346 e. The first-order chi connectivity index (χ1) is 17.3. The van der Waals surface area contributed by atoms with Gasteiger partial charge in [-0.2, -0.15) is 0 Å². The average molecular weight is 510 g/mol. The lowest BCUT2D eigenvalue weighted by molar-refractivity contribution is -0.127. The molecule has 0 spiro atoms. The number of nitrogens with zero attached hydrogens (tertiary/aromatic N) is 1. The highest BCUT2D eigenvalue weighted by molar-refractivity contribution is 5.78. The van der Waals surface area contributed by atoms with Crippen LogP contribution in [0.15, 0.2) is 27.4 Å². The lowest BCUT2D eigenvalue weighted by Crippen LogP contribution is -2.53. The zero-order valence-electron chi connectivity index (χ0n) is 22.3. The van der Waals surface area contributed by atoms with Crippen molar-refractivity contribution in [3.63, 3.8) is 0 Å². The van der Waals surface area contributed by atoms with Crippen molar-refractivity contribution in [2.24, 2.45) is 40.4 Å². The molecule has 6 rings (SSSR count). The van der Waals surface area contributed by atoms with Crippen LogP contribution in [0, 0.1) is 40.4 Å². The molecule has 1 heterocycles. The number of aliphatic hydroxyl groups is 1. The molecule has 7 unspecified atom stereocenters. The quantitative estimate of drug-likeness (QED) is 0.462. The fourth-order valence-electron chi connectivity index (χ4n) is 9.65. The maximum Gasteiger partial charge on any atom is 0.346 e. The fourth-order valence-corrected chi connectivity index (χ4v) is 9.65. The molecule has 0 saturated heterocycles. The Bertz CT molecular complexity index is 1180. The molecule has 2 aromatic rings. The van der Waals surface area contributed by atoms with Gasteiger partial charge in [-0.15, -0.1) is 0 Å². The monoisotopic (exact) mass is 509 g/mol. The first-order valence-corrected chi connectivity index (χ1v) is 14.5. The molecule has 8 atom stereocenters. The van der Waals surface area contributed by atoms with E-state index in [2.05, 4.69) is 18.8 Å². The Labute approximate surface area is 222 Å². The van der Waals surface area contributed by atoms with Gasteiger partial charge in [0.05, 0.1) is 24.1 Å². The molecule has 204 valence electrons. The number of ether oxygens (including phenoxy) is 1. The summed E-state index contributed by atoms with van der Waals surface area (Å²) in [6.07, 6.45) is 14.3. The van der Waals surface area contributed by atoms with Crippen molar-refractivity contribution in [3.8, 4) is 5.75 Å². The highest BCUT2D eigenvalue weighted by atomic mass is 16.5. The number of methoxy groups -OCH3 is 1. The zero-order chi connectivity index (χ0) is 25.1. The summed E-state index contributed by atoms with van der Waals surface area (Å²) in [4.78, 5) is 17.2. The van der Waals surface area contributed by atoms with Crippen LogP contribution in [0.1, 0.15) is 97.8 Å². The van der Waals surface area contributed by atoms with Crippen molar-refractivity contribution in [1.29, 1.82) is 0 Å². The molecule has 37 heavy (non-hydrogen) atoms. The molecule has 0 bridgehead atoms. The molecular weight excluding hydrogens is 462 g/mol. The Morgan fingerprint density at radius 2 is 1.84 bits per heavy atom. The van der Waals surface area contributed by atoms with Gasteiger partial charge in [0.25, 0.3) is 0 Å². The first-order valence-electron chi connectivity index (χ1n) is 14.5. The van der Waals surface area contributed by atoms with Crippen molar-refractivity contribution >= 4 is 10.9 Å². The minimum absolute atomic E-state index is 0. The van der Waals surface area contributed by atoms with E-state index in [0.717, 1.165) is 55.3 Å². The van der Waals surface area contributed by atoms with E-state index in [-0.39, 0.29) is 19.2 Å². The maximum atomic E-state index is 12.5. The van der Waals surface area contributed by atoms with Gasteiger partial charge in [-0.3, -0.25) is 0 Å². The first kappa shape index (κ1) is 26.7. The third kappa shape index (κ3) is 4.43. The van der Waals surface area contributed by atoms with Gasteiger partial charge in [0, 0.05) is 6.42 Å². The van der Waals surface area contributed by atoms with E-state index in [1.165, 1.54) is 51.4 Å². The minimum Gasteiger partial charge on any atom is -0.497 e. The topological polar surface area (TPSA) is 72.6 Å². The number of hydrogen-bond donors (Lipinski definition) is 1. The Balaban J connectivity index is 0.00000280. The number of aryl methyl sites for hydroxylation is 1. The standard InChI is InChI=1S/C31H43NO4.CH4/c1-30-16-14-26-23(10-7-20-17-21(33)13-15-31(20,26)2)25(30)11-8-19(30)5-4-6-28-32-27-12-9-22(35-3)18-24(27)29(34)36-28;/h9,12,18-21,23,25-26,33H,4-8,10-11,13-17H2,1-3H3;1H4/t19?,20?,21-,23?,25?,26?,30?,31?;/m1./s1. The van der Waals surface area contributed by atoms with Gasteiger partial charge in [-0.25, -0.2) is 9.78 Å². The van der Waals surface area contributed by atoms with Crippen molar-refractivity contribution < 1.29 is 14.3 Å². The van der Waals surface area contributed by atoms with E-state index < -0.39 is 0 Å². The zero-order valence-corrected chi connectivity index (χ0v) is 22.3. The summed E-state index contributed by atoms with van der Waals surface area (Å²) in [6, 6.07) is 5.40. The molecule has 1 aromatic heterocycles. The van der Waals surface area contributed by atoms with Crippen LogP contribution in [0.25, 0.3) is 10.9 Å². The van der Waals surface area contributed by atoms with E-state index >= 15 is 0 Å². The molecular formula is C32H47NO4. The molecule has 0 radical (unpaired) electrons. The molecule has 0 aliphatic heterocycles. The molecule has 4 aliphatic rings. The van der Waals surface area contributed by atoms with Crippen LogP contribution in [0.2, 0.25) is 0 Å². The van der Waals surface area contributed by atoms with Crippen LogP contribution in [0.5, 0.6) is 5.75 Å². The van der Waals surface area contributed by atoms with E-state index in [9.17, 15) is 9.90 Å². The Morgan fingerprint density at radius 3 is 2.65 bits per heavy atom. The van der Waals surface area contributed by atoms with E-state index in [1.807, 2.05) is 12.1 Å². The highest BCUT2D eigenvalue weighted by Crippen LogP contribution is 2.67. The second-order valence-corrected chi connectivity index (χ2v) is 13.1. The Kier molecular flexibility index (Phi) is 7.23. The highest BCUT2D eigenvalue weighted by Gasteiger charge is 2.59. The van der Waals surface area contributed by atoms with Crippen LogP contribution in [0.3, 0.4) is 0 Å². The van der Waals surface area contributed by atoms with E-state index in [1.54, 1.807) is 13.2 Å². The molecule has 4 aliphatic carbocycles. The molecule has 0 amide bonds. The number of fused-ring (bicyclic) bond motifs is 6. The molecule has 1 N–H and O–H groups in total. The number of hydrogen-bond acceptors (Lipinski definition) is 5. The molecule has 4 saturated carbocycles. The minimum atomic E-state index is -0.320. The second kappa shape index (κ2) is 10.0. The number of benzene rings is 1. The van der Waals surface area contributed by atoms with Gasteiger partial charge in [0.15, 0.2) is 5.89 Å². The Morgan fingerprint density at radius 1 is 1.05 bits per heavy atom. The van der Waals surface area contributed by atoms with Crippen LogP contribution in [-0.2, 0) is 6.42 Å². The van der Waals surface area contributed by atoms with E-state index in [0.29, 0.717) is 33.4 Å². The van der Waals surface area contributed by atoms with Gasteiger partial charge < -0.3 is 14.3 Å². The lowest BCUT2D eigenvalue weighted by Gasteiger charge is -2.61. The van der Waals surface area contributed by atoms with Gasteiger partial charge in [-0.05, 0) is 129 Å². The normalized spacial score (nSPS) is 38.8. The maximum absolute atomic E-state index is 12.5. The molecule has 5 heteroatoms. The number of aromatic nitrogens is 1. The van der Waals surface area contributed by atoms with Gasteiger partial charge in [0.1, 0.15) is 5.75 Å². The summed E-state index contributed by atoms with van der Waals surface area (Å²) in [6.45, 7) is 5.18. The summed E-state index contributed by atoms with van der Waals surface area (Å²) in [5, 5.41) is 10.8. The van der Waals surface area contributed by atoms with Crippen LogP contribution in [-0.4, -0.2) is 23.3 Å². The van der Waals surface area contributed by atoms with Gasteiger partial charge in [-0.1, -0.05) is 21.3 Å². The van der Waals surface area contributed by atoms with Gasteiger partial charge >= 0.3 is 5.63 Å². The van der Waals surface area contributed by atoms with Crippen LogP contribution >= 0.6 is 0 Å². The lowest BCUT2D eigenvalue weighted by atomic mass is 9.44. The predicted octanol–water partition coefficient (Wildman–Crippen LogP) is 7.18. The molecule has 1 aromatic carbocycles. The molecule has 4 fully saturated rings. The van der Waals surface area contributed by atoms with Crippen molar-refractivity contribution in [2.45, 2.75) is 104 Å². The second-order valence-electron chi connectivity index (χ2n) is 13.1. The summed E-state index contributed by atoms with van der Waals surface area (Å²) in [5.74, 6) is 5.29. The third-order valence-electron chi connectivity index (χ3n) is 11.7. The van der Waals surface area contributed by atoms with Crippen molar-refractivity contribution in [2.75, 3.05) is 7.11 Å². The SMILES string of the molecule is C.COc1ccc2nc(CCCC3CCC4C5CCC6C[C@H](O)CCC6(C)C5CCC34C)oc(=O)c2c1. The number of aliphatic hydroxyl groups excluding tert-OH is 1. The largest absolute Gasteiger partial charge is 0.497 e. The predicted molar refractivity (Wildman–Crippen MR) is 148 cm³/mol. The summed E-state index contributed by atoms with van der Waals surface area (Å²) >= 11 is 0. The summed E-state index contributed by atoms with van der Waals surface area (Å²) in [7, 11) is 1.59. The third-order valence-corrected chi connectivity index (χ3v) is 11.7. The van der Waals surface area contributed by atoms with Crippen LogP contribution < -0.4 is 10.4 Å². The van der Waals surface area contributed by atoms with Crippen molar-refractivity contribution in [3.05, 3.63) is 34.5 Å². The Hall–Kier alpha value is -1.88. The van der Waals surface area contributed by atoms with Crippen LogP contribution in [0.4, 0.5) is 0 Å². The van der Waals surface area contributed by atoms with Gasteiger partial charge in [0.2, 0.25) is 0 Å². The molecule has 5 nitrogen and oxygen atoms in total. The fraction of sp³-hybridized carbons (Fsp3) is 0.750. The average Bonchev–Trinajstić information content (AvgIpc) is 3.20.